The number of nitrogens with zero attached hydrogens (tertiary/aromatic N) is 2. The molecule has 0 aliphatic heterocycles. The fraction of sp³-hybridized carbons (Fsp3) is 0.941. The van der Waals surface area contributed by atoms with Gasteiger partial charge in [-0.2, -0.15) is 0 Å². The van der Waals surface area contributed by atoms with Gasteiger partial charge in [-0.25, -0.2) is 7.50 Å². The van der Waals surface area contributed by atoms with Gasteiger partial charge in [0.1, 0.15) is 6.17 Å². The lowest BCUT2D eigenvalue weighted by atomic mass is 10.2. The normalized spacial score (nSPS) is 13.0. The van der Waals surface area contributed by atoms with Gasteiger partial charge in [0.25, 0.3) is 0 Å². The predicted octanol–water partition coefficient (Wildman–Crippen LogP) is 3.66. The van der Waals surface area contributed by atoms with Gasteiger partial charge in [0.15, 0.2) is 0 Å². The molecule has 0 N–H and O–H groups in total. The lowest BCUT2D eigenvalue weighted by Gasteiger charge is -2.19. The number of halogens is 3. The van der Waals surface area contributed by atoms with Crippen LogP contribution in [0.5, 0.6) is 0 Å². The van der Waals surface area contributed by atoms with Gasteiger partial charge < -0.3 is 14.2 Å². The molecular formula is C17H33FI2N2O4. The first-order valence-electron chi connectivity index (χ1n) is 9.02. The van der Waals surface area contributed by atoms with Crippen molar-refractivity contribution in [3.8, 4) is 0 Å². The minimum atomic E-state index is -1.08. The highest BCUT2D eigenvalue weighted by atomic mass is 127. The quantitative estimate of drug-likeness (QED) is 0.154. The fourth-order valence-electron chi connectivity index (χ4n) is 1.80. The summed E-state index contributed by atoms with van der Waals surface area (Å²) < 4.78 is 33.7. The Balaban J connectivity index is 3.42. The van der Waals surface area contributed by atoms with E-state index in [4.69, 9.17) is 14.2 Å². The van der Waals surface area contributed by atoms with Crippen molar-refractivity contribution in [2.45, 2.75) is 46.3 Å². The second-order valence-electron chi connectivity index (χ2n) is 6.48. The SMILES string of the molecule is CC(C)C(=O)N(I)CC(F)CCOCCOCCOCCN(I)C(C)C. The lowest BCUT2D eigenvalue weighted by Crippen LogP contribution is -2.31. The summed E-state index contributed by atoms with van der Waals surface area (Å²) in [6.45, 7) is 11.9. The Labute approximate surface area is 185 Å². The van der Waals surface area contributed by atoms with Crippen LogP contribution in [-0.4, -0.2) is 77.1 Å². The first-order chi connectivity index (χ1) is 12.3. The molecule has 6 nitrogen and oxygen atoms in total. The van der Waals surface area contributed by atoms with Crippen molar-refractivity contribution in [2.75, 3.05) is 52.7 Å². The van der Waals surface area contributed by atoms with Crippen molar-refractivity contribution in [3.05, 3.63) is 0 Å². The molecule has 0 rings (SSSR count). The molecule has 1 amide bonds. The maximum atomic E-state index is 13.8. The van der Waals surface area contributed by atoms with E-state index in [2.05, 4.69) is 39.8 Å². The second kappa shape index (κ2) is 16.6. The number of alkyl halides is 1. The smallest absolute Gasteiger partial charge is 0.233 e. The topological polar surface area (TPSA) is 51.2 Å². The van der Waals surface area contributed by atoms with Crippen LogP contribution in [-0.2, 0) is 19.0 Å². The van der Waals surface area contributed by atoms with Gasteiger partial charge in [0.05, 0.1) is 62.4 Å². The van der Waals surface area contributed by atoms with Gasteiger partial charge >= 0.3 is 0 Å². The summed E-state index contributed by atoms with van der Waals surface area (Å²) in [5.41, 5.74) is 0. The number of hydrogen-bond donors (Lipinski definition) is 0. The summed E-state index contributed by atoms with van der Waals surface area (Å²) in [4.78, 5) is 11.7. The van der Waals surface area contributed by atoms with Crippen LogP contribution in [0.25, 0.3) is 0 Å². The molecule has 0 saturated heterocycles. The third kappa shape index (κ3) is 14.7. The number of carbonyl (C=O) groups is 1. The molecule has 26 heavy (non-hydrogen) atoms. The number of carbonyl (C=O) groups excluding carboxylic acids is 1. The van der Waals surface area contributed by atoms with E-state index in [1.165, 1.54) is 3.11 Å². The highest BCUT2D eigenvalue weighted by Crippen LogP contribution is 2.11. The Hall–Kier alpha value is 0.700. The Bertz CT molecular complexity index is 366. The standard InChI is InChI=1S/C17H33FI2N2O4/c1-14(2)17(23)22(20)13-16(18)5-7-24-9-11-26-12-10-25-8-6-21(19)15(3)4/h14-16H,5-13H2,1-4H3. The summed E-state index contributed by atoms with van der Waals surface area (Å²) >= 11 is 4.16. The zero-order valence-corrected chi connectivity index (χ0v) is 20.6. The number of hydrogen-bond acceptors (Lipinski definition) is 5. The molecule has 9 heteroatoms. The van der Waals surface area contributed by atoms with Crippen LogP contribution >= 0.6 is 45.7 Å². The van der Waals surface area contributed by atoms with E-state index in [9.17, 15) is 9.18 Å². The highest BCUT2D eigenvalue weighted by Gasteiger charge is 2.18. The summed E-state index contributed by atoms with van der Waals surface area (Å²) in [6, 6.07) is 0.507. The van der Waals surface area contributed by atoms with Crippen LogP contribution in [0.2, 0.25) is 0 Å². The molecule has 0 fully saturated rings. The van der Waals surface area contributed by atoms with Crippen molar-refractivity contribution in [2.24, 2.45) is 5.92 Å². The largest absolute Gasteiger partial charge is 0.379 e. The van der Waals surface area contributed by atoms with Crippen LogP contribution in [0.4, 0.5) is 4.39 Å². The second-order valence-corrected chi connectivity index (χ2v) is 8.88. The molecule has 1 atom stereocenters. The first kappa shape index (κ1) is 26.7. The molecule has 0 aromatic rings. The number of amides is 1. The van der Waals surface area contributed by atoms with E-state index >= 15 is 0 Å². The van der Waals surface area contributed by atoms with E-state index in [-0.39, 0.29) is 24.8 Å². The maximum absolute atomic E-state index is 13.8. The van der Waals surface area contributed by atoms with E-state index in [1.54, 1.807) is 13.8 Å². The Morgan fingerprint density at radius 2 is 1.42 bits per heavy atom. The van der Waals surface area contributed by atoms with Crippen LogP contribution in [0.15, 0.2) is 0 Å². The van der Waals surface area contributed by atoms with Gasteiger partial charge in [-0.15, -0.1) is 0 Å². The Morgan fingerprint density at radius 3 is 1.92 bits per heavy atom. The first-order valence-corrected chi connectivity index (χ1v) is 11.0. The van der Waals surface area contributed by atoms with Crippen molar-refractivity contribution in [1.29, 1.82) is 0 Å². The maximum Gasteiger partial charge on any atom is 0.233 e. The third-order valence-corrected chi connectivity index (χ3v) is 5.89. The zero-order valence-electron chi connectivity index (χ0n) is 16.3. The Kier molecular flexibility index (Phi) is 17.1. The zero-order chi connectivity index (χ0) is 19.9. The van der Waals surface area contributed by atoms with Gasteiger partial charge in [-0.1, -0.05) is 13.8 Å². The van der Waals surface area contributed by atoms with E-state index in [0.29, 0.717) is 45.7 Å². The average Bonchev–Trinajstić information content (AvgIpc) is 2.58. The van der Waals surface area contributed by atoms with Crippen LogP contribution in [0.1, 0.15) is 34.1 Å². The van der Waals surface area contributed by atoms with E-state index in [0.717, 1.165) is 6.54 Å². The van der Waals surface area contributed by atoms with Crippen molar-refractivity contribution in [1.82, 2.24) is 6.23 Å². The van der Waals surface area contributed by atoms with Crippen molar-refractivity contribution < 1.29 is 23.4 Å². The van der Waals surface area contributed by atoms with E-state index < -0.39 is 6.17 Å². The molecular weight excluding hydrogens is 569 g/mol. The molecule has 0 heterocycles. The third-order valence-electron chi connectivity index (χ3n) is 3.42. The Morgan fingerprint density at radius 1 is 0.923 bits per heavy atom. The van der Waals surface area contributed by atoms with Gasteiger partial charge in [-0.3, -0.25) is 7.91 Å². The molecule has 0 saturated carbocycles. The molecule has 0 aromatic heterocycles. The molecule has 0 radical (unpaired) electrons. The molecule has 0 spiro atoms. The monoisotopic (exact) mass is 602 g/mol. The molecule has 0 aliphatic rings. The number of ether oxygens (including phenoxy) is 3. The highest BCUT2D eigenvalue weighted by molar-refractivity contribution is 14.1. The molecule has 0 aliphatic carbocycles. The predicted molar refractivity (Wildman–Crippen MR) is 118 cm³/mol. The van der Waals surface area contributed by atoms with Crippen molar-refractivity contribution >= 4 is 51.6 Å². The molecule has 1 unspecified atom stereocenters. The van der Waals surface area contributed by atoms with Gasteiger partial charge in [-0.05, 0) is 13.8 Å². The fourth-order valence-corrected chi connectivity index (χ4v) is 2.98. The van der Waals surface area contributed by atoms with E-state index in [1.807, 2.05) is 22.9 Å². The number of rotatable bonds is 16. The summed E-state index contributed by atoms with van der Waals surface area (Å²) in [7, 11) is 0. The van der Waals surface area contributed by atoms with Crippen LogP contribution < -0.4 is 0 Å². The average molecular weight is 602 g/mol. The summed E-state index contributed by atoms with van der Waals surface area (Å²) in [5.74, 6) is -0.174. The van der Waals surface area contributed by atoms with Crippen LogP contribution in [0, 0.1) is 5.92 Å². The van der Waals surface area contributed by atoms with Crippen LogP contribution in [0.3, 0.4) is 0 Å². The summed E-state index contributed by atoms with van der Waals surface area (Å²) in [5, 5.41) is 0. The molecule has 0 aromatic carbocycles. The summed E-state index contributed by atoms with van der Waals surface area (Å²) in [6.07, 6.45) is -0.802. The van der Waals surface area contributed by atoms with Crippen molar-refractivity contribution in [3.63, 3.8) is 0 Å². The molecule has 0 bridgehead atoms. The van der Waals surface area contributed by atoms with Gasteiger partial charge in [0, 0.05) is 54.4 Å². The minimum absolute atomic E-state index is 0.0554. The molecule has 156 valence electrons. The van der Waals surface area contributed by atoms with Gasteiger partial charge in [0.2, 0.25) is 5.91 Å². The lowest BCUT2D eigenvalue weighted by molar-refractivity contribution is -0.128. The minimum Gasteiger partial charge on any atom is -0.379 e.